The molecule has 5 heteroatoms. The minimum absolute atomic E-state index is 0. The molecular weight excluding hydrogens is 413 g/mol. The highest BCUT2D eigenvalue weighted by Gasteiger charge is 2.02. The van der Waals surface area contributed by atoms with E-state index in [0.717, 1.165) is 23.3 Å². The molecule has 0 aliphatic rings. The number of hydrogen-bond acceptors (Lipinski definition) is 2. The molecule has 0 unspecified atom stereocenters. The van der Waals surface area contributed by atoms with Gasteiger partial charge in [0.1, 0.15) is 12.4 Å². The number of nitrogens with one attached hydrogen (secondary N) is 1. The lowest BCUT2D eigenvalue weighted by Gasteiger charge is -2.12. The van der Waals surface area contributed by atoms with Crippen molar-refractivity contribution in [1.82, 2.24) is 5.32 Å². The second-order valence-electron chi connectivity index (χ2n) is 5.50. The van der Waals surface area contributed by atoms with Gasteiger partial charge in [0.25, 0.3) is 0 Å². The van der Waals surface area contributed by atoms with E-state index in [1.54, 1.807) is 0 Å². The first-order chi connectivity index (χ1) is 11.2. The summed E-state index contributed by atoms with van der Waals surface area (Å²) >= 11 is 0. The SMILES string of the molecule is Cc1cccc(C)c1OCCNC(N)=NCCc1ccccc1.I. The zero-order chi connectivity index (χ0) is 16.5. The van der Waals surface area contributed by atoms with Gasteiger partial charge in [-0.1, -0.05) is 48.5 Å². The minimum Gasteiger partial charge on any atom is -0.491 e. The van der Waals surface area contributed by atoms with Crippen molar-refractivity contribution >= 4 is 29.9 Å². The quantitative estimate of drug-likeness (QED) is 0.301. The van der Waals surface area contributed by atoms with Gasteiger partial charge >= 0.3 is 0 Å². The van der Waals surface area contributed by atoms with Crippen LogP contribution in [-0.2, 0) is 6.42 Å². The van der Waals surface area contributed by atoms with E-state index in [2.05, 4.69) is 48.4 Å². The number of halogens is 1. The van der Waals surface area contributed by atoms with E-state index in [1.165, 1.54) is 5.56 Å². The fourth-order valence-electron chi connectivity index (χ4n) is 2.37. The number of hydrogen-bond donors (Lipinski definition) is 2. The van der Waals surface area contributed by atoms with Crippen molar-refractivity contribution < 1.29 is 4.74 Å². The van der Waals surface area contributed by atoms with Crippen LogP contribution in [0.4, 0.5) is 0 Å². The van der Waals surface area contributed by atoms with E-state index in [-0.39, 0.29) is 24.0 Å². The molecule has 3 N–H and O–H groups in total. The van der Waals surface area contributed by atoms with E-state index >= 15 is 0 Å². The Labute approximate surface area is 161 Å². The summed E-state index contributed by atoms with van der Waals surface area (Å²) in [5.74, 6) is 1.42. The lowest BCUT2D eigenvalue weighted by atomic mass is 10.1. The van der Waals surface area contributed by atoms with Crippen LogP contribution in [0.25, 0.3) is 0 Å². The second-order valence-corrected chi connectivity index (χ2v) is 5.50. The van der Waals surface area contributed by atoms with Crippen LogP contribution in [0.5, 0.6) is 5.75 Å². The third-order valence-electron chi connectivity index (χ3n) is 3.59. The summed E-state index contributed by atoms with van der Waals surface area (Å²) in [6, 6.07) is 16.4. The molecule has 0 atom stereocenters. The summed E-state index contributed by atoms with van der Waals surface area (Å²) in [6.07, 6.45) is 0.891. The Kier molecular flexibility index (Phi) is 9.22. The monoisotopic (exact) mass is 439 g/mol. The summed E-state index contributed by atoms with van der Waals surface area (Å²) in [5, 5.41) is 3.08. The lowest BCUT2D eigenvalue weighted by molar-refractivity contribution is 0.318. The molecule has 0 bridgehead atoms. The molecular formula is C19H26IN3O. The van der Waals surface area contributed by atoms with Crippen LogP contribution >= 0.6 is 24.0 Å². The van der Waals surface area contributed by atoms with Crippen LogP contribution in [0.2, 0.25) is 0 Å². The Morgan fingerprint density at radius 3 is 2.38 bits per heavy atom. The van der Waals surface area contributed by atoms with Crippen molar-refractivity contribution in [3.8, 4) is 5.75 Å². The molecule has 2 rings (SSSR count). The van der Waals surface area contributed by atoms with Crippen LogP contribution in [0.3, 0.4) is 0 Å². The maximum atomic E-state index is 5.86. The first kappa shape index (κ1) is 20.3. The first-order valence-corrected chi connectivity index (χ1v) is 7.93. The summed E-state index contributed by atoms with van der Waals surface area (Å²) in [7, 11) is 0. The lowest BCUT2D eigenvalue weighted by Crippen LogP contribution is -2.35. The standard InChI is InChI=1S/C19H25N3O.HI/c1-15-7-6-8-16(2)18(15)23-14-13-22-19(20)21-12-11-17-9-4-3-5-10-17;/h3-10H,11-14H2,1-2H3,(H3,20,21,22);1H. The molecule has 0 spiro atoms. The molecule has 0 fully saturated rings. The molecule has 0 saturated heterocycles. The maximum Gasteiger partial charge on any atom is 0.188 e. The number of benzene rings is 2. The van der Waals surface area contributed by atoms with Crippen molar-refractivity contribution in [1.29, 1.82) is 0 Å². The van der Waals surface area contributed by atoms with E-state index in [0.29, 0.717) is 25.7 Å². The molecule has 0 aromatic heterocycles. The molecule has 0 aliphatic carbocycles. The largest absolute Gasteiger partial charge is 0.491 e. The van der Waals surface area contributed by atoms with Crippen LogP contribution in [0.1, 0.15) is 16.7 Å². The Morgan fingerprint density at radius 1 is 1.04 bits per heavy atom. The Bertz CT molecular complexity index is 624. The van der Waals surface area contributed by atoms with Gasteiger partial charge in [0.15, 0.2) is 5.96 Å². The van der Waals surface area contributed by atoms with Crippen molar-refractivity contribution in [3.05, 3.63) is 65.2 Å². The third kappa shape index (κ3) is 6.78. The van der Waals surface area contributed by atoms with Gasteiger partial charge in [-0.3, -0.25) is 4.99 Å². The maximum absolute atomic E-state index is 5.86. The van der Waals surface area contributed by atoms with Crippen molar-refractivity contribution in [3.63, 3.8) is 0 Å². The molecule has 0 saturated carbocycles. The Hall–Kier alpha value is -1.76. The summed E-state index contributed by atoms with van der Waals surface area (Å²) in [5.41, 5.74) is 9.42. The number of rotatable bonds is 7. The average molecular weight is 439 g/mol. The Balaban J connectivity index is 0.00000288. The van der Waals surface area contributed by atoms with Gasteiger partial charge in [0.05, 0.1) is 6.54 Å². The van der Waals surface area contributed by atoms with E-state index < -0.39 is 0 Å². The second kappa shape index (κ2) is 10.9. The molecule has 2 aromatic carbocycles. The molecule has 0 radical (unpaired) electrons. The molecule has 2 aromatic rings. The molecule has 0 amide bonds. The van der Waals surface area contributed by atoms with E-state index in [1.807, 2.05) is 24.3 Å². The molecule has 4 nitrogen and oxygen atoms in total. The first-order valence-electron chi connectivity index (χ1n) is 7.93. The van der Waals surface area contributed by atoms with Gasteiger partial charge in [0, 0.05) is 6.54 Å². The number of guanidine groups is 1. The van der Waals surface area contributed by atoms with Crippen LogP contribution in [0, 0.1) is 13.8 Å². The van der Waals surface area contributed by atoms with Crippen LogP contribution < -0.4 is 15.8 Å². The van der Waals surface area contributed by atoms with Gasteiger partial charge in [-0.05, 0) is 37.0 Å². The highest BCUT2D eigenvalue weighted by Crippen LogP contribution is 2.21. The predicted molar refractivity (Wildman–Crippen MR) is 111 cm³/mol. The Morgan fingerprint density at radius 2 is 1.71 bits per heavy atom. The average Bonchev–Trinajstić information content (AvgIpc) is 2.55. The molecule has 0 aliphatic heterocycles. The number of ether oxygens (including phenoxy) is 1. The summed E-state index contributed by atoms with van der Waals surface area (Å²) in [4.78, 5) is 4.33. The minimum atomic E-state index is 0. The third-order valence-corrected chi connectivity index (χ3v) is 3.59. The molecule has 0 heterocycles. The van der Waals surface area contributed by atoms with E-state index in [9.17, 15) is 0 Å². The normalized spacial score (nSPS) is 10.8. The number of para-hydroxylation sites is 1. The fraction of sp³-hybridized carbons (Fsp3) is 0.316. The number of nitrogens with two attached hydrogens (primary N) is 1. The van der Waals surface area contributed by atoms with Crippen molar-refractivity contribution in [2.75, 3.05) is 19.7 Å². The highest BCUT2D eigenvalue weighted by atomic mass is 127. The fourth-order valence-corrected chi connectivity index (χ4v) is 2.37. The van der Waals surface area contributed by atoms with Crippen LogP contribution in [0.15, 0.2) is 53.5 Å². The molecule has 130 valence electrons. The van der Waals surface area contributed by atoms with Gasteiger partial charge in [-0.15, -0.1) is 24.0 Å². The van der Waals surface area contributed by atoms with Crippen molar-refractivity contribution in [2.45, 2.75) is 20.3 Å². The highest BCUT2D eigenvalue weighted by molar-refractivity contribution is 14.0. The van der Waals surface area contributed by atoms with Gasteiger partial charge in [-0.25, -0.2) is 0 Å². The van der Waals surface area contributed by atoms with Gasteiger partial charge < -0.3 is 15.8 Å². The number of aliphatic imine (C=N–C) groups is 1. The number of nitrogens with zero attached hydrogens (tertiary/aromatic N) is 1. The molecule has 24 heavy (non-hydrogen) atoms. The van der Waals surface area contributed by atoms with Crippen molar-refractivity contribution in [2.24, 2.45) is 10.7 Å². The summed E-state index contributed by atoms with van der Waals surface area (Å²) < 4.78 is 5.82. The van der Waals surface area contributed by atoms with E-state index in [4.69, 9.17) is 10.5 Å². The predicted octanol–water partition coefficient (Wildman–Crippen LogP) is 3.45. The summed E-state index contributed by atoms with van der Waals surface area (Å²) in [6.45, 7) is 5.97. The zero-order valence-corrected chi connectivity index (χ0v) is 16.6. The van der Waals surface area contributed by atoms with Gasteiger partial charge in [-0.2, -0.15) is 0 Å². The smallest absolute Gasteiger partial charge is 0.188 e. The van der Waals surface area contributed by atoms with Gasteiger partial charge in [0.2, 0.25) is 0 Å². The number of aryl methyl sites for hydroxylation is 2. The van der Waals surface area contributed by atoms with Crippen LogP contribution in [-0.4, -0.2) is 25.7 Å². The topological polar surface area (TPSA) is 59.6 Å². The zero-order valence-electron chi connectivity index (χ0n) is 14.3.